The van der Waals surface area contributed by atoms with Crippen LogP contribution in [0.3, 0.4) is 0 Å². The lowest BCUT2D eigenvalue weighted by Gasteiger charge is -2.42. The second-order valence-electron chi connectivity index (χ2n) is 6.81. The molecule has 0 spiro atoms. The molecule has 2 N–H and O–H groups in total. The van der Waals surface area contributed by atoms with Gasteiger partial charge in [-0.05, 0) is 31.0 Å². The Labute approximate surface area is 163 Å². The number of nitrogens with zero attached hydrogens (tertiary/aromatic N) is 2. The monoisotopic (exact) mass is 403 g/mol. The number of hydrogen-bond acceptors (Lipinski definition) is 4. The average molecular weight is 404 g/mol. The molecule has 2 saturated heterocycles. The van der Waals surface area contributed by atoms with E-state index in [-0.39, 0.29) is 36.3 Å². The molecule has 0 aromatic heterocycles. The quantitative estimate of drug-likeness (QED) is 0.828. The lowest BCUT2D eigenvalue weighted by molar-refractivity contribution is -0.148. The van der Waals surface area contributed by atoms with Gasteiger partial charge in [0.05, 0.1) is 5.41 Å². The van der Waals surface area contributed by atoms with Crippen molar-refractivity contribution >= 4 is 24.2 Å². The van der Waals surface area contributed by atoms with Crippen LogP contribution in [0, 0.1) is 17.0 Å². The minimum atomic E-state index is -1.05. The van der Waals surface area contributed by atoms with E-state index in [1.807, 2.05) is 0 Å². The highest BCUT2D eigenvalue weighted by atomic mass is 35.5. The van der Waals surface area contributed by atoms with Crippen LogP contribution in [0.4, 0.5) is 8.78 Å². The summed E-state index contributed by atoms with van der Waals surface area (Å²) >= 11 is 0. The molecule has 2 amide bonds. The van der Waals surface area contributed by atoms with Gasteiger partial charge in [0, 0.05) is 51.5 Å². The number of amides is 2. The fourth-order valence-corrected chi connectivity index (χ4v) is 3.53. The minimum Gasteiger partial charge on any atom is -0.381 e. The molecule has 0 radical (unpaired) electrons. The predicted molar refractivity (Wildman–Crippen MR) is 97.6 cm³/mol. The molecule has 0 saturated carbocycles. The van der Waals surface area contributed by atoms with Gasteiger partial charge in [0.15, 0.2) is 11.6 Å². The third-order valence-electron chi connectivity index (χ3n) is 5.31. The highest BCUT2D eigenvalue weighted by molar-refractivity contribution is 5.94. The van der Waals surface area contributed by atoms with Crippen molar-refractivity contribution in [2.24, 2.45) is 11.1 Å². The number of benzene rings is 1. The molecule has 9 heteroatoms. The molecule has 2 aliphatic heterocycles. The molecule has 0 atom stereocenters. The summed E-state index contributed by atoms with van der Waals surface area (Å²) in [6.45, 7) is 2.83. The molecule has 3 rings (SSSR count). The molecule has 1 aromatic carbocycles. The molecule has 0 bridgehead atoms. The second kappa shape index (κ2) is 8.95. The van der Waals surface area contributed by atoms with Gasteiger partial charge in [-0.2, -0.15) is 0 Å². The number of halogens is 3. The highest BCUT2D eigenvalue weighted by Gasteiger charge is 2.42. The third-order valence-corrected chi connectivity index (χ3v) is 5.31. The smallest absolute Gasteiger partial charge is 0.254 e. The first-order valence-electron chi connectivity index (χ1n) is 8.78. The van der Waals surface area contributed by atoms with Gasteiger partial charge in [0.1, 0.15) is 0 Å². The van der Waals surface area contributed by atoms with Gasteiger partial charge in [0.2, 0.25) is 5.91 Å². The molecular weight excluding hydrogens is 380 g/mol. The summed E-state index contributed by atoms with van der Waals surface area (Å²) in [4.78, 5) is 28.7. The Hall–Kier alpha value is -1.77. The maximum Gasteiger partial charge on any atom is 0.254 e. The maximum absolute atomic E-state index is 13.3. The Kier molecular flexibility index (Phi) is 7.13. The van der Waals surface area contributed by atoms with Crippen LogP contribution in [-0.4, -0.2) is 67.6 Å². The van der Waals surface area contributed by atoms with Crippen LogP contribution in [0.25, 0.3) is 0 Å². The van der Waals surface area contributed by atoms with Crippen LogP contribution in [0.15, 0.2) is 18.2 Å². The summed E-state index contributed by atoms with van der Waals surface area (Å²) in [7, 11) is 0. The molecule has 150 valence electrons. The number of rotatable bonds is 3. The lowest BCUT2D eigenvalue weighted by atomic mass is 9.78. The SMILES string of the molecule is Cl.NCC1(C(=O)N2CCN(C(=O)c3ccc(F)c(F)c3)CC2)CCOCC1. The molecule has 2 fully saturated rings. The number of nitrogens with two attached hydrogens (primary N) is 1. The summed E-state index contributed by atoms with van der Waals surface area (Å²) in [6.07, 6.45) is 1.21. The lowest BCUT2D eigenvalue weighted by Crippen LogP contribution is -2.57. The van der Waals surface area contributed by atoms with E-state index in [1.54, 1.807) is 9.80 Å². The Morgan fingerprint density at radius 1 is 1.04 bits per heavy atom. The van der Waals surface area contributed by atoms with E-state index in [9.17, 15) is 18.4 Å². The highest BCUT2D eigenvalue weighted by Crippen LogP contribution is 2.32. The number of carbonyl (C=O) groups excluding carboxylic acids is 2. The van der Waals surface area contributed by atoms with Crippen molar-refractivity contribution in [1.29, 1.82) is 0 Å². The van der Waals surface area contributed by atoms with Crippen molar-refractivity contribution < 1.29 is 23.1 Å². The van der Waals surface area contributed by atoms with E-state index in [1.165, 1.54) is 6.07 Å². The van der Waals surface area contributed by atoms with E-state index < -0.39 is 17.0 Å². The van der Waals surface area contributed by atoms with Gasteiger partial charge in [0.25, 0.3) is 5.91 Å². The zero-order valence-electron chi connectivity index (χ0n) is 15.0. The van der Waals surface area contributed by atoms with E-state index in [2.05, 4.69) is 0 Å². The maximum atomic E-state index is 13.3. The zero-order valence-corrected chi connectivity index (χ0v) is 15.8. The first kappa shape index (κ1) is 21.5. The van der Waals surface area contributed by atoms with E-state index in [0.717, 1.165) is 12.1 Å². The van der Waals surface area contributed by atoms with Crippen molar-refractivity contribution in [3.8, 4) is 0 Å². The van der Waals surface area contributed by atoms with Gasteiger partial charge in [-0.25, -0.2) is 8.78 Å². The number of ether oxygens (including phenoxy) is 1. The van der Waals surface area contributed by atoms with Crippen LogP contribution in [0.1, 0.15) is 23.2 Å². The van der Waals surface area contributed by atoms with Gasteiger partial charge < -0.3 is 20.3 Å². The molecule has 2 aliphatic rings. The average Bonchev–Trinajstić information content (AvgIpc) is 2.69. The van der Waals surface area contributed by atoms with Crippen LogP contribution < -0.4 is 5.73 Å². The normalized spacial score (nSPS) is 19.4. The van der Waals surface area contributed by atoms with Crippen LogP contribution in [0.2, 0.25) is 0 Å². The van der Waals surface area contributed by atoms with E-state index in [4.69, 9.17) is 10.5 Å². The zero-order chi connectivity index (χ0) is 18.7. The largest absolute Gasteiger partial charge is 0.381 e. The number of carbonyl (C=O) groups is 2. The van der Waals surface area contributed by atoms with Crippen molar-refractivity contribution in [3.05, 3.63) is 35.4 Å². The fraction of sp³-hybridized carbons (Fsp3) is 0.556. The van der Waals surface area contributed by atoms with E-state index >= 15 is 0 Å². The van der Waals surface area contributed by atoms with Crippen molar-refractivity contribution in [3.63, 3.8) is 0 Å². The number of hydrogen-bond donors (Lipinski definition) is 1. The standard InChI is InChI=1S/C18H23F2N3O3.ClH/c19-14-2-1-13(11-15(14)20)16(24)22-5-7-23(8-6-22)17(25)18(12-21)3-9-26-10-4-18;/h1-2,11H,3-10,12,21H2;1H. The molecule has 1 aromatic rings. The molecule has 27 heavy (non-hydrogen) atoms. The minimum absolute atomic E-state index is 0. The van der Waals surface area contributed by atoms with Crippen LogP contribution in [-0.2, 0) is 9.53 Å². The summed E-state index contributed by atoms with van der Waals surface area (Å²) in [5.74, 6) is -2.38. The molecule has 0 aliphatic carbocycles. The van der Waals surface area contributed by atoms with Crippen LogP contribution in [0.5, 0.6) is 0 Å². The Bertz CT molecular complexity index is 690. The topological polar surface area (TPSA) is 75.9 Å². The Morgan fingerprint density at radius 2 is 1.63 bits per heavy atom. The number of piperazine rings is 1. The van der Waals surface area contributed by atoms with E-state index in [0.29, 0.717) is 52.2 Å². The summed E-state index contributed by atoms with van der Waals surface area (Å²) in [5, 5.41) is 0. The van der Waals surface area contributed by atoms with Crippen LogP contribution >= 0.6 is 12.4 Å². The third kappa shape index (κ3) is 4.39. The van der Waals surface area contributed by atoms with Crippen molar-refractivity contribution in [1.82, 2.24) is 9.80 Å². The Morgan fingerprint density at radius 3 is 2.19 bits per heavy atom. The predicted octanol–water partition coefficient (Wildman–Crippen LogP) is 1.43. The fourth-order valence-electron chi connectivity index (χ4n) is 3.53. The van der Waals surface area contributed by atoms with Gasteiger partial charge in [-0.15, -0.1) is 12.4 Å². The first-order valence-corrected chi connectivity index (χ1v) is 8.78. The first-order chi connectivity index (χ1) is 12.5. The molecule has 6 nitrogen and oxygen atoms in total. The Balaban J connectivity index is 0.00000261. The van der Waals surface area contributed by atoms with Crippen molar-refractivity contribution in [2.75, 3.05) is 45.9 Å². The second-order valence-corrected chi connectivity index (χ2v) is 6.81. The summed E-state index contributed by atoms with van der Waals surface area (Å²) in [5.41, 5.74) is 5.41. The summed E-state index contributed by atoms with van der Waals surface area (Å²) < 4.78 is 31.7. The summed E-state index contributed by atoms with van der Waals surface area (Å²) in [6, 6.07) is 3.11. The van der Waals surface area contributed by atoms with Crippen molar-refractivity contribution in [2.45, 2.75) is 12.8 Å². The molecular formula is C18H24ClF2N3O3. The van der Waals surface area contributed by atoms with Gasteiger partial charge in [-0.1, -0.05) is 0 Å². The van der Waals surface area contributed by atoms with Gasteiger partial charge in [-0.3, -0.25) is 9.59 Å². The molecule has 0 unspecified atom stereocenters. The molecule has 2 heterocycles. The van der Waals surface area contributed by atoms with Gasteiger partial charge >= 0.3 is 0 Å².